The minimum Gasteiger partial charge on any atom is -0.381 e. The van der Waals surface area contributed by atoms with E-state index in [2.05, 4.69) is 4.18 Å². The molecule has 0 amide bonds. The molecule has 0 fully saturated rings. The predicted octanol–water partition coefficient (Wildman–Crippen LogP) is 2.70. The summed E-state index contributed by atoms with van der Waals surface area (Å²) in [5.74, 6) is -0.568. The van der Waals surface area contributed by atoms with Gasteiger partial charge in [-0.25, -0.2) is 0 Å². The molecule has 0 aliphatic heterocycles. The minimum atomic E-state index is -5.61. The first kappa shape index (κ1) is 14.8. The van der Waals surface area contributed by atoms with E-state index in [0.29, 0.717) is 6.42 Å². The van der Waals surface area contributed by atoms with E-state index >= 15 is 0 Å². The first-order valence-corrected chi connectivity index (χ1v) is 6.53. The number of rotatable bonds is 3. The van der Waals surface area contributed by atoms with E-state index in [1.807, 2.05) is 6.07 Å². The van der Waals surface area contributed by atoms with E-state index in [1.54, 1.807) is 13.8 Å². The van der Waals surface area contributed by atoms with Crippen molar-refractivity contribution in [2.45, 2.75) is 32.2 Å². The van der Waals surface area contributed by atoms with Crippen LogP contribution in [0, 0.1) is 22.7 Å². The molecule has 0 spiro atoms. The Balaban J connectivity index is 2.86. The minimum absolute atomic E-state index is 0.0745. The van der Waals surface area contributed by atoms with Crippen LogP contribution in [-0.4, -0.2) is 13.9 Å². The molecule has 8 heteroatoms. The van der Waals surface area contributed by atoms with Crippen molar-refractivity contribution >= 4 is 10.1 Å². The molecule has 0 bridgehead atoms. The first-order valence-electron chi connectivity index (χ1n) is 5.12. The van der Waals surface area contributed by atoms with Gasteiger partial charge in [0.05, 0.1) is 11.5 Å². The molecule has 0 N–H and O–H groups in total. The van der Waals surface area contributed by atoms with Gasteiger partial charge in [0, 0.05) is 6.42 Å². The van der Waals surface area contributed by atoms with Gasteiger partial charge >= 0.3 is 15.6 Å². The highest BCUT2D eigenvalue weighted by Crippen LogP contribution is 2.39. The van der Waals surface area contributed by atoms with Gasteiger partial charge in [0.15, 0.2) is 0 Å². The molecule has 0 saturated heterocycles. The molecular formula is C10H12F3NO3S. The lowest BCUT2D eigenvalue weighted by Crippen LogP contribution is -2.25. The molecule has 0 heterocycles. The van der Waals surface area contributed by atoms with Gasteiger partial charge in [-0.15, -0.1) is 0 Å². The van der Waals surface area contributed by atoms with Crippen molar-refractivity contribution < 1.29 is 25.8 Å². The molecule has 18 heavy (non-hydrogen) atoms. The van der Waals surface area contributed by atoms with E-state index in [1.165, 1.54) is 6.08 Å². The van der Waals surface area contributed by atoms with Crippen LogP contribution in [0.1, 0.15) is 26.7 Å². The van der Waals surface area contributed by atoms with Crippen molar-refractivity contribution in [2.24, 2.45) is 11.3 Å². The Labute approximate surface area is 103 Å². The number of alkyl halides is 3. The van der Waals surface area contributed by atoms with Crippen LogP contribution in [-0.2, 0) is 14.3 Å². The molecule has 1 rings (SSSR count). The van der Waals surface area contributed by atoms with Crippen LogP contribution in [0.3, 0.4) is 0 Å². The molecule has 1 aliphatic rings. The van der Waals surface area contributed by atoms with Crippen molar-refractivity contribution in [2.75, 3.05) is 0 Å². The Morgan fingerprint density at radius 2 is 2.00 bits per heavy atom. The molecule has 0 saturated carbocycles. The molecule has 1 aliphatic carbocycles. The number of hydrogen-bond donors (Lipinski definition) is 0. The van der Waals surface area contributed by atoms with E-state index in [0.717, 1.165) is 0 Å². The van der Waals surface area contributed by atoms with Gasteiger partial charge in [-0.05, 0) is 32.3 Å². The molecule has 4 nitrogen and oxygen atoms in total. The second kappa shape index (κ2) is 4.46. The summed E-state index contributed by atoms with van der Waals surface area (Å²) >= 11 is 0. The molecule has 0 aromatic carbocycles. The van der Waals surface area contributed by atoms with Gasteiger partial charge in [0.25, 0.3) is 0 Å². The van der Waals surface area contributed by atoms with Crippen LogP contribution in [0.2, 0.25) is 0 Å². The zero-order valence-electron chi connectivity index (χ0n) is 9.78. The van der Waals surface area contributed by atoms with Crippen LogP contribution >= 0.6 is 0 Å². The summed E-state index contributed by atoms with van der Waals surface area (Å²) in [6, 6.07) is 2.03. The summed E-state index contributed by atoms with van der Waals surface area (Å²) in [5, 5.41) is 8.88. The van der Waals surface area contributed by atoms with Gasteiger partial charge < -0.3 is 4.18 Å². The Morgan fingerprint density at radius 1 is 1.44 bits per heavy atom. The average molecular weight is 283 g/mol. The fourth-order valence-corrected chi connectivity index (χ4v) is 2.11. The van der Waals surface area contributed by atoms with Crippen molar-refractivity contribution in [1.82, 2.24) is 0 Å². The number of halogens is 3. The van der Waals surface area contributed by atoms with Crippen LogP contribution in [0.25, 0.3) is 0 Å². The summed E-state index contributed by atoms with van der Waals surface area (Å²) in [4.78, 5) is 0. The van der Waals surface area contributed by atoms with Gasteiger partial charge in [-0.1, -0.05) is 0 Å². The molecule has 102 valence electrons. The standard InChI is InChI=1S/C10H12F3NO3S/c1-9(2,6-14)7-3-4-8(5-7)17-18(15,16)10(11,12)13/h5,7H,3-4H2,1-2H3/t7-/m1/s1. The normalized spacial score (nSPS) is 21.3. The fraction of sp³-hybridized carbons (Fsp3) is 0.700. The summed E-state index contributed by atoms with van der Waals surface area (Å²) < 4.78 is 61.9. The van der Waals surface area contributed by atoms with Gasteiger partial charge in [0.1, 0.15) is 5.76 Å². The molecule has 1 atom stereocenters. The second-order valence-electron chi connectivity index (χ2n) is 4.59. The Morgan fingerprint density at radius 3 is 2.44 bits per heavy atom. The van der Waals surface area contributed by atoms with Crippen molar-refractivity contribution in [1.29, 1.82) is 5.26 Å². The number of hydrogen-bond acceptors (Lipinski definition) is 4. The third kappa shape index (κ3) is 2.96. The van der Waals surface area contributed by atoms with Crippen molar-refractivity contribution in [3.8, 4) is 6.07 Å². The van der Waals surface area contributed by atoms with Crippen LogP contribution in [0.4, 0.5) is 13.2 Å². The monoisotopic (exact) mass is 283 g/mol. The van der Waals surface area contributed by atoms with Crippen LogP contribution < -0.4 is 0 Å². The smallest absolute Gasteiger partial charge is 0.381 e. The SMILES string of the molecule is CC(C)(C#N)[C@H]1C=C(OS(=O)(=O)C(F)(F)F)CC1. The average Bonchev–Trinajstić information content (AvgIpc) is 2.64. The van der Waals surface area contributed by atoms with Gasteiger partial charge in [-0.3, -0.25) is 0 Å². The lowest BCUT2D eigenvalue weighted by atomic mass is 9.80. The molecule has 0 aromatic rings. The first-order chi connectivity index (χ1) is 7.99. The summed E-state index contributed by atoms with van der Waals surface area (Å²) in [6.07, 6.45) is 1.75. The molecule has 0 aromatic heterocycles. The highest BCUT2D eigenvalue weighted by atomic mass is 32.2. The van der Waals surface area contributed by atoms with Gasteiger partial charge in [0.2, 0.25) is 0 Å². The van der Waals surface area contributed by atoms with E-state index in [9.17, 15) is 21.6 Å². The lowest BCUT2D eigenvalue weighted by Gasteiger charge is -2.21. The van der Waals surface area contributed by atoms with E-state index < -0.39 is 21.0 Å². The molecular weight excluding hydrogens is 271 g/mol. The zero-order chi connectivity index (χ0) is 14.2. The van der Waals surface area contributed by atoms with Crippen molar-refractivity contribution in [3.63, 3.8) is 0 Å². The molecule has 0 unspecified atom stereocenters. The maximum Gasteiger partial charge on any atom is 0.534 e. The third-order valence-electron chi connectivity index (χ3n) is 2.80. The fourth-order valence-electron chi connectivity index (χ4n) is 1.60. The maximum atomic E-state index is 12.1. The second-order valence-corrected chi connectivity index (χ2v) is 6.13. The predicted molar refractivity (Wildman–Crippen MR) is 56.3 cm³/mol. The highest BCUT2D eigenvalue weighted by Gasteiger charge is 2.49. The van der Waals surface area contributed by atoms with Gasteiger partial charge in [-0.2, -0.15) is 26.9 Å². The number of nitriles is 1. The quantitative estimate of drug-likeness (QED) is 0.590. The summed E-state index contributed by atoms with van der Waals surface area (Å²) in [6.45, 7) is 3.27. The highest BCUT2D eigenvalue weighted by molar-refractivity contribution is 7.87. The Kier molecular flexibility index (Phi) is 3.68. The van der Waals surface area contributed by atoms with Crippen molar-refractivity contribution in [3.05, 3.63) is 11.8 Å². The lowest BCUT2D eigenvalue weighted by molar-refractivity contribution is -0.0522. The zero-order valence-corrected chi connectivity index (χ0v) is 10.6. The summed E-state index contributed by atoms with van der Waals surface area (Å²) in [5.41, 5.74) is -6.20. The number of allylic oxidation sites excluding steroid dienone is 2. The number of nitrogens with zero attached hydrogens (tertiary/aromatic N) is 1. The van der Waals surface area contributed by atoms with Crippen LogP contribution in [0.15, 0.2) is 11.8 Å². The van der Waals surface area contributed by atoms with E-state index in [-0.39, 0.29) is 18.1 Å². The Bertz CT molecular complexity index is 499. The van der Waals surface area contributed by atoms with E-state index in [4.69, 9.17) is 5.26 Å². The third-order valence-corrected chi connectivity index (χ3v) is 3.80. The summed E-state index contributed by atoms with van der Waals surface area (Å²) in [7, 11) is -5.61. The topological polar surface area (TPSA) is 67.2 Å². The largest absolute Gasteiger partial charge is 0.534 e. The van der Waals surface area contributed by atoms with Crippen LogP contribution in [0.5, 0.6) is 0 Å². The Hall–Kier alpha value is -1.23. The maximum absolute atomic E-state index is 12.1. The molecule has 0 radical (unpaired) electrons.